The van der Waals surface area contributed by atoms with Crippen LogP contribution in [0.4, 0.5) is 0 Å². The Balaban J connectivity index is 1.49. The predicted octanol–water partition coefficient (Wildman–Crippen LogP) is 3.82. The minimum atomic E-state index is -1.14. The molecule has 0 unspecified atom stereocenters. The lowest BCUT2D eigenvalue weighted by Gasteiger charge is -2.28. The summed E-state index contributed by atoms with van der Waals surface area (Å²) in [5.41, 5.74) is 1.28. The minimum absolute atomic E-state index is 0.0318. The third-order valence-electron chi connectivity index (χ3n) is 8.11. The number of rotatable bonds is 12. The third kappa shape index (κ3) is 7.79. The molecule has 2 fully saturated rings. The summed E-state index contributed by atoms with van der Waals surface area (Å²) in [7, 11) is 0. The molecule has 1 aromatic heterocycles. The van der Waals surface area contributed by atoms with Gasteiger partial charge in [0, 0.05) is 41.7 Å². The highest BCUT2D eigenvalue weighted by Gasteiger charge is 2.36. The van der Waals surface area contributed by atoms with E-state index in [0.29, 0.717) is 25.1 Å². The van der Waals surface area contributed by atoms with Gasteiger partial charge in [-0.25, -0.2) is 0 Å². The Morgan fingerprint density at radius 2 is 1.75 bits per heavy atom. The van der Waals surface area contributed by atoms with Crippen molar-refractivity contribution in [2.24, 2.45) is 17.8 Å². The maximum absolute atomic E-state index is 13.6. The van der Waals surface area contributed by atoms with Crippen molar-refractivity contribution in [1.82, 2.24) is 20.9 Å². The van der Waals surface area contributed by atoms with Crippen molar-refractivity contribution in [3.8, 4) is 0 Å². The summed E-state index contributed by atoms with van der Waals surface area (Å²) in [6.45, 7) is 4.52. The normalized spacial score (nSPS) is 19.6. The van der Waals surface area contributed by atoms with Crippen LogP contribution in [-0.2, 0) is 19.2 Å². The molecular weight excluding hydrogens is 508 g/mol. The van der Waals surface area contributed by atoms with E-state index in [1.165, 1.54) is 0 Å². The molecular formula is C31H42N4O5. The number of fused-ring (bicyclic) bond motifs is 1. The van der Waals surface area contributed by atoms with E-state index in [1.54, 1.807) is 6.07 Å². The molecule has 1 aliphatic carbocycles. The van der Waals surface area contributed by atoms with Gasteiger partial charge < -0.3 is 20.9 Å². The molecule has 9 heteroatoms. The van der Waals surface area contributed by atoms with Crippen molar-refractivity contribution in [3.63, 3.8) is 0 Å². The lowest BCUT2D eigenvalue weighted by molar-refractivity contribution is -0.142. The van der Waals surface area contributed by atoms with Crippen molar-refractivity contribution < 1.29 is 24.0 Å². The summed E-state index contributed by atoms with van der Waals surface area (Å²) in [5, 5.41) is 9.38. The third-order valence-corrected chi connectivity index (χ3v) is 8.11. The second-order valence-corrected chi connectivity index (χ2v) is 11.8. The zero-order valence-electron chi connectivity index (χ0n) is 23.6. The van der Waals surface area contributed by atoms with E-state index in [-0.39, 0.29) is 36.5 Å². The van der Waals surface area contributed by atoms with Crippen molar-refractivity contribution in [1.29, 1.82) is 0 Å². The molecule has 216 valence electrons. The van der Waals surface area contributed by atoms with Crippen LogP contribution in [0.25, 0.3) is 10.9 Å². The van der Waals surface area contributed by atoms with Gasteiger partial charge in [-0.15, -0.1) is 0 Å². The molecule has 40 heavy (non-hydrogen) atoms. The molecule has 0 spiro atoms. The number of piperidine rings is 1. The summed E-state index contributed by atoms with van der Waals surface area (Å²) in [4.78, 5) is 68.8. The number of carbonyl (C=O) groups excluding carboxylic acids is 5. The number of Topliss-reactive ketones (excluding diaryl/α,β-unsaturated/α-hetero) is 2. The lowest BCUT2D eigenvalue weighted by Crippen LogP contribution is -2.53. The average molecular weight is 551 g/mol. The Kier molecular flexibility index (Phi) is 10.1. The van der Waals surface area contributed by atoms with E-state index < -0.39 is 35.5 Å². The van der Waals surface area contributed by atoms with Crippen molar-refractivity contribution in [2.75, 3.05) is 6.54 Å². The number of ketones is 2. The van der Waals surface area contributed by atoms with Crippen LogP contribution in [0.15, 0.2) is 30.3 Å². The van der Waals surface area contributed by atoms with Crippen LogP contribution < -0.4 is 16.0 Å². The first-order valence-corrected chi connectivity index (χ1v) is 14.7. The Morgan fingerprint density at radius 1 is 1.00 bits per heavy atom. The molecule has 1 saturated heterocycles. The second kappa shape index (κ2) is 13.7. The van der Waals surface area contributed by atoms with Crippen molar-refractivity contribution >= 4 is 40.2 Å². The molecule has 3 amide bonds. The number of carbonyl (C=O) groups is 5. The number of hydrogen-bond acceptors (Lipinski definition) is 5. The molecule has 0 radical (unpaired) electrons. The average Bonchev–Trinajstić information content (AvgIpc) is 3.38. The van der Waals surface area contributed by atoms with Crippen LogP contribution in [-0.4, -0.2) is 52.9 Å². The highest BCUT2D eigenvalue weighted by atomic mass is 16.2. The summed E-state index contributed by atoms with van der Waals surface area (Å²) in [6, 6.07) is 8.18. The van der Waals surface area contributed by atoms with E-state index in [9.17, 15) is 24.0 Å². The fourth-order valence-corrected chi connectivity index (χ4v) is 5.94. The molecule has 1 aliphatic heterocycles. The summed E-state index contributed by atoms with van der Waals surface area (Å²) >= 11 is 0. The van der Waals surface area contributed by atoms with Gasteiger partial charge in [-0.1, -0.05) is 51.3 Å². The molecule has 9 nitrogen and oxygen atoms in total. The maximum atomic E-state index is 13.6. The topological polar surface area (TPSA) is 137 Å². The lowest BCUT2D eigenvalue weighted by atomic mass is 9.87. The monoisotopic (exact) mass is 550 g/mol. The van der Waals surface area contributed by atoms with E-state index in [4.69, 9.17) is 0 Å². The van der Waals surface area contributed by atoms with Gasteiger partial charge in [0.25, 0.3) is 5.91 Å². The molecule has 2 aromatic rings. The van der Waals surface area contributed by atoms with E-state index >= 15 is 0 Å². The fraction of sp³-hybridized carbons (Fsp3) is 0.581. The van der Waals surface area contributed by atoms with Gasteiger partial charge in [0.05, 0.1) is 11.7 Å². The van der Waals surface area contributed by atoms with Crippen LogP contribution in [0, 0.1) is 17.8 Å². The SMILES string of the molecule is CC(C)C[C@H](CC(=O)c1cc2ccccc2[nH]1)C(=O)N[C@@H](C[C@@H]1CCCNC1=O)C(=O)C(=O)NC1CCCCC1. The van der Waals surface area contributed by atoms with Gasteiger partial charge >= 0.3 is 0 Å². The van der Waals surface area contributed by atoms with Gasteiger partial charge in [-0.05, 0) is 56.6 Å². The number of amides is 3. The highest BCUT2D eigenvalue weighted by molar-refractivity contribution is 6.38. The number of aromatic amines is 1. The fourth-order valence-electron chi connectivity index (χ4n) is 5.94. The van der Waals surface area contributed by atoms with Crippen molar-refractivity contribution in [2.45, 2.75) is 90.1 Å². The van der Waals surface area contributed by atoms with E-state index in [1.807, 2.05) is 38.1 Å². The second-order valence-electron chi connectivity index (χ2n) is 11.8. The Hall–Kier alpha value is -3.49. The largest absolute Gasteiger partial charge is 0.356 e. The quantitative estimate of drug-likeness (QED) is 0.235. The molecule has 0 bridgehead atoms. The van der Waals surface area contributed by atoms with Crippen LogP contribution in [0.2, 0.25) is 0 Å². The Morgan fingerprint density at radius 3 is 2.45 bits per heavy atom. The smallest absolute Gasteiger partial charge is 0.289 e. The number of nitrogens with one attached hydrogen (secondary N) is 4. The predicted molar refractivity (Wildman–Crippen MR) is 152 cm³/mol. The molecule has 1 saturated carbocycles. The number of aromatic nitrogens is 1. The molecule has 3 atom stereocenters. The molecule has 1 aromatic carbocycles. The van der Waals surface area contributed by atoms with Gasteiger partial charge in [0.2, 0.25) is 17.6 Å². The van der Waals surface area contributed by atoms with E-state index in [0.717, 1.165) is 49.4 Å². The van der Waals surface area contributed by atoms with E-state index in [2.05, 4.69) is 20.9 Å². The van der Waals surface area contributed by atoms with Gasteiger partial charge in [-0.2, -0.15) is 0 Å². The highest BCUT2D eigenvalue weighted by Crippen LogP contribution is 2.24. The minimum Gasteiger partial charge on any atom is -0.356 e. The summed E-state index contributed by atoms with van der Waals surface area (Å²) < 4.78 is 0. The van der Waals surface area contributed by atoms with Crippen LogP contribution in [0.1, 0.15) is 88.5 Å². The zero-order valence-corrected chi connectivity index (χ0v) is 23.6. The first-order valence-electron chi connectivity index (χ1n) is 14.7. The van der Waals surface area contributed by atoms with Crippen LogP contribution in [0.3, 0.4) is 0 Å². The maximum Gasteiger partial charge on any atom is 0.289 e. The Bertz CT molecular complexity index is 1200. The van der Waals surface area contributed by atoms with Crippen LogP contribution >= 0.6 is 0 Å². The summed E-state index contributed by atoms with van der Waals surface area (Å²) in [5.74, 6) is -3.29. The number of para-hydroxylation sites is 1. The standard InChI is InChI=1S/C31H42N4O5/c1-19(2)15-22(18-27(36)25-16-20-9-6-7-13-24(20)34-25)30(39)35-26(17-21-10-8-14-32-29(21)38)28(37)31(40)33-23-11-4-3-5-12-23/h6-7,9,13,16,19,21-23,26,34H,3-5,8,10-12,14-15,17-18H2,1-2H3,(H,32,38)(H,33,40)(H,35,39)/t21-,22+,26-/m0/s1. The first-order chi connectivity index (χ1) is 19.2. The molecule has 4 N–H and O–H groups in total. The molecule has 2 heterocycles. The van der Waals surface area contributed by atoms with Crippen LogP contribution in [0.5, 0.6) is 0 Å². The zero-order chi connectivity index (χ0) is 28.6. The van der Waals surface area contributed by atoms with Gasteiger partial charge in [0.1, 0.15) is 0 Å². The van der Waals surface area contributed by atoms with Gasteiger partial charge in [-0.3, -0.25) is 24.0 Å². The molecule has 2 aliphatic rings. The number of hydrogen-bond donors (Lipinski definition) is 4. The molecule has 4 rings (SSSR count). The van der Waals surface area contributed by atoms with Crippen molar-refractivity contribution in [3.05, 3.63) is 36.0 Å². The number of benzene rings is 1. The number of H-pyrrole nitrogens is 1. The van der Waals surface area contributed by atoms with Gasteiger partial charge in [0.15, 0.2) is 5.78 Å². The first kappa shape index (κ1) is 29.5. The summed E-state index contributed by atoms with van der Waals surface area (Å²) in [6.07, 6.45) is 6.60. The Labute approximate surface area is 235 Å².